The zero-order valence-electron chi connectivity index (χ0n) is 14.6. The molecule has 1 fully saturated rings. The van der Waals surface area contributed by atoms with Gasteiger partial charge in [-0.25, -0.2) is 14.8 Å². The maximum atomic E-state index is 11.4. The Kier molecular flexibility index (Phi) is 4.57. The molecule has 6 nitrogen and oxygen atoms in total. The Balaban J connectivity index is 1.53. The van der Waals surface area contributed by atoms with E-state index in [1.807, 2.05) is 13.0 Å². The number of carboxylic acids is 1. The molecule has 0 unspecified atom stereocenters. The van der Waals surface area contributed by atoms with Crippen LogP contribution >= 0.6 is 11.3 Å². The van der Waals surface area contributed by atoms with Gasteiger partial charge in [0.15, 0.2) is 0 Å². The Morgan fingerprint density at radius 3 is 2.58 bits per heavy atom. The molecule has 3 heterocycles. The summed E-state index contributed by atoms with van der Waals surface area (Å²) in [7, 11) is 0. The van der Waals surface area contributed by atoms with Crippen LogP contribution in [0.3, 0.4) is 0 Å². The molecular formula is C19H20N4O2S. The molecule has 0 radical (unpaired) electrons. The Morgan fingerprint density at radius 1 is 1.15 bits per heavy atom. The Hall–Kier alpha value is -2.51. The number of nitrogens with zero attached hydrogens (tertiary/aromatic N) is 4. The summed E-state index contributed by atoms with van der Waals surface area (Å²) in [5, 5.41) is 10.3. The highest BCUT2D eigenvalue weighted by Gasteiger charge is 2.24. The van der Waals surface area contributed by atoms with E-state index in [2.05, 4.69) is 44.0 Å². The number of aromatic carboxylic acids is 1. The lowest BCUT2D eigenvalue weighted by atomic mass is 10.1. The smallest absolute Gasteiger partial charge is 0.346 e. The van der Waals surface area contributed by atoms with E-state index >= 15 is 0 Å². The highest BCUT2D eigenvalue weighted by molar-refractivity contribution is 7.20. The molecule has 0 aliphatic carbocycles. The summed E-state index contributed by atoms with van der Waals surface area (Å²) in [6.45, 7) is 6.45. The van der Waals surface area contributed by atoms with E-state index in [4.69, 9.17) is 0 Å². The molecule has 1 aliphatic rings. The summed E-state index contributed by atoms with van der Waals surface area (Å²) in [5.41, 5.74) is 2.09. The van der Waals surface area contributed by atoms with Gasteiger partial charge in [-0.15, -0.1) is 11.3 Å². The van der Waals surface area contributed by atoms with Crippen molar-refractivity contribution in [3.8, 4) is 0 Å². The van der Waals surface area contributed by atoms with Crippen molar-refractivity contribution in [3.05, 3.63) is 52.7 Å². The maximum Gasteiger partial charge on any atom is 0.346 e. The lowest BCUT2D eigenvalue weighted by molar-refractivity contribution is 0.0701. The van der Waals surface area contributed by atoms with Crippen molar-refractivity contribution in [2.75, 3.05) is 31.1 Å². The summed E-state index contributed by atoms with van der Waals surface area (Å²) >= 11 is 1.22. The molecule has 26 heavy (non-hydrogen) atoms. The summed E-state index contributed by atoms with van der Waals surface area (Å²) in [5.74, 6) is -0.0419. The van der Waals surface area contributed by atoms with Gasteiger partial charge in [0.25, 0.3) is 0 Å². The summed E-state index contributed by atoms with van der Waals surface area (Å²) in [6.07, 6.45) is 1.54. The molecule has 1 aromatic carbocycles. The number of carbonyl (C=O) groups is 1. The average Bonchev–Trinajstić information content (AvgIpc) is 3.01. The van der Waals surface area contributed by atoms with Crippen molar-refractivity contribution in [3.63, 3.8) is 0 Å². The first kappa shape index (κ1) is 16.9. The highest BCUT2D eigenvalue weighted by atomic mass is 32.1. The molecule has 0 amide bonds. The predicted octanol–water partition coefficient (Wildman–Crippen LogP) is 3.02. The van der Waals surface area contributed by atoms with Crippen LogP contribution in [0.25, 0.3) is 10.2 Å². The fraction of sp³-hybridized carbons (Fsp3) is 0.316. The third-order valence-corrected chi connectivity index (χ3v) is 6.01. The SMILES string of the molecule is Cc1c(C(=O)O)sc2ncnc(N3CCN(Cc4ccccc4)CC3)c12. The van der Waals surface area contributed by atoms with E-state index in [0.717, 1.165) is 54.3 Å². The number of thiophene rings is 1. The van der Waals surface area contributed by atoms with Gasteiger partial charge in [0, 0.05) is 32.7 Å². The number of aromatic nitrogens is 2. The van der Waals surface area contributed by atoms with E-state index in [9.17, 15) is 9.90 Å². The second kappa shape index (κ2) is 7.01. The molecule has 1 N–H and O–H groups in total. The number of anilines is 1. The highest BCUT2D eigenvalue weighted by Crippen LogP contribution is 2.35. The molecule has 2 aromatic heterocycles. The number of fused-ring (bicyclic) bond motifs is 1. The zero-order valence-corrected chi connectivity index (χ0v) is 15.4. The normalized spacial score (nSPS) is 15.5. The van der Waals surface area contributed by atoms with Crippen molar-refractivity contribution in [2.24, 2.45) is 0 Å². The summed E-state index contributed by atoms with van der Waals surface area (Å²) < 4.78 is 0. The number of hydrogen-bond donors (Lipinski definition) is 1. The minimum atomic E-state index is -0.899. The second-order valence-corrected chi connectivity index (χ2v) is 7.49. The molecule has 0 atom stereocenters. The molecule has 1 saturated heterocycles. The minimum Gasteiger partial charge on any atom is -0.477 e. The lowest BCUT2D eigenvalue weighted by Crippen LogP contribution is -2.46. The molecule has 4 rings (SSSR count). The quantitative estimate of drug-likeness (QED) is 0.763. The number of piperazine rings is 1. The van der Waals surface area contributed by atoms with Crippen LogP contribution in [0.1, 0.15) is 20.8 Å². The van der Waals surface area contributed by atoms with Crippen LogP contribution in [-0.2, 0) is 6.54 Å². The Bertz CT molecular complexity index is 933. The number of aryl methyl sites for hydroxylation is 1. The standard InChI is InChI=1S/C19H20N4O2S/c1-13-15-17(20-12-21-18(15)26-16(13)19(24)25)23-9-7-22(8-10-23)11-14-5-3-2-4-6-14/h2-6,12H,7-11H2,1H3,(H,24,25). The van der Waals surface area contributed by atoms with Crippen molar-refractivity contribution < 1.29 is 9.90 Å². The van der Waals surface area contributed by atoms with Crippen LogP contribution < -0.4 is 4.90 Å². The van der Waals surface area contributed by atoms with Crippen molar-refractivity contribution in [1.82, 2.24) is 14.9 Å². The molecule has 7 heteroatoms. The Morgan fingerprint density at radius 2 is 1.88 bits per heavy atom. The van der Waals surface area contributed by atoms with E-state index in [1.54, 1.807) is 0 Å². The van der Waals surface area contributed by atoms with Gasteiger partial charge in [0.1, 0.15) is 21.9 Å². The fourth-order valence-corrected chi connectivity index (χ4v) is 4.44. The number of rotatable bonds is 4. The maximum absolute atomic E-state index is 11.4. The topological polar surface area (TPSA) is 69.6 Å². The van der Waals surface area contributed by atoms with Gasteiger partial charge in [-0.1, -0.05) is 30.3 Å². The molecule has 1 aliphatic heterocycles. The average molecular weight is 368 g/mol. The molecule has 3 aromatic rings. The van der Waals surface area contributed by atoms with Crippen LogP contribution in [0.15, 0.2) is 36.7 Å². The molecule has 0 bridgehead atoms. The van der Waals surface area contributed by atoms with Gasteiger partial charge in [0.05, 0.1) is 5.39 Å². The largest absolute Gasteiger partial charge is 0.477 e. The van der Waals surface area contributed by atoms with Crippen LogP contribution in [-0.4, -0.2) is 52.1 Å². The summed E-state index contributed by atoms with van der Waals surface area (Å²) in [6, 6.07) is 10.5. The number of hydrogen-bond acceptors (Lipinski definition) is 6. The van der Waals surface area contributed by atoms with Crippen molar-refractivity contribution in [1.29, 1.82) is 0 Å². The molecule has 0 saturated carbocycles. The van der Waals surface area contributed by atoms with E-state index in [1.165, 1.54) is 23.2 Å². The molecule has 0 spiro atoms. The van der Waals surface area contributed by atoms with Crippen LogP contribution in [0, 0.1) is 6.92 Å². The number of carboxylic acid groups (broad SMARTS) is 1. The van der Waals surface area contributed by atoms with Gasteiger partial charge >= 0.3 is 5.97 Å². The van der Waals surface area contributed by atoms with Gasteiger partial charge in [0.2, 0.25) is 0 Å². The van der Waals surface area contributed by atoms with Gasteiger partial charge in [-0.05, 0) is 18.1 Å². The van der Waals surface area contributed by atoms with E-state index in [-0.39, 0.29) is 0 Å². The third kappa shape index (κ3) is 3.15. The van der Waals surface area contributed by atoms with Gasteiger partial charge in [-0.3, -0.25) is 4.90 Å². The summed E-state index contributed by atoms with van der Waals surface area (Å²) in [4.78, 5) is 26.0. The Labute approximate surface area is 155 Å². The lowest BCUT2D eigenvalue weighted by Gasteiger charge is -2.35. The monoisotopic (exact) mass is 368 g/mol. The number of benzene rings is 1. The van der Waals surface area contributed by atoms with Crippen molar-refractivity contribution >= 4 is 33.3 Å². The first-order valence-corrected chi connectivity index (χ1v) is 9.44. The zero-order chi connectivity index (χ0) is 18.1. The fourth-order valence-electron chi connectivity index (χ4n) is 3.46. The second-order valence-electron chi connectivity index (χ2n) is 6.49. The molecular weight excluding hydrogens is 348 g/mol. The third-order valence-electron chi connectivity index (χ3n) is 4.82. The van der Waals surface area contributed by atoms with E-state index < -0.39 is 5.97 Å². The van der Waals surface area contributed by atoms with Crippen LogP contribution in [0.2, 0.25) is 0 Å². The predicted molar refractivity (Wildman–Crippen MR) is 103 cm³/mol. The van der Waals surface area contributed by atoms with Crippen molar-refractivity contribution in [2.45, 2.75) is 13.5 Å². The van der Waals surface area contributed by atoms with Gasteiger partial charge < -0.3 is 10.0 Å². The van der Waals surface area contributed by atoms with E-state index in [0.29, 0.717) is 4.88 Å². The van der Waals surface area contributed by atoms with Gasteiger partial charge in [-0.2, -0.15) is 0 Å². The van der Waals surface area contributed by atoms with Crippen LogP contribution in [0.4, 0.5) is 5.82 Å². The first-order chi connectivity index (χ1) is 12.6. The first-order valence-electron chi connectivity index (χ1n) is 8.62. The molecule has 134 valence electrons. The minimum absolute atomic E-state index is 0.351. The van der Waals surface area contributed by atoms with Crippen LogP contribution in [0.5, 0.6) is 0 Å².